The van der Waals surface area contributed by atoms with E-state index in [0.29, 0.717) is 5.92 Å². The van der Waals surface area contributed by atoms with Crippen LogP contribution in [0.3, 0.4) is 0 Å². The van der Waals surface area contributed by atoms with E-state index in [2.05, 4.69) is 37.4 Å². The average molecular weight is 302 g/mol. The number of hydrogen-bond donors (Lipinski definition) is 1. The first-order valence-corrected chi connectivity index (χ1v) is 8.38. The maximum absolute atomic E-state index is 12.5. The monoisotopic (exact) mass is 302 g/mol. The lowest BCUT2D eigenvalue weighted by Gasteiger charge is -2.32. The summed E-state index contributed by atoms with van der Waals surface area (Å²) < 4.78 is 5.34. The summed E-state index contributed by atoms with van der Waals surface area (Å²) in [6.07, 6.45) is 2.80. The topological polar surface area (TPSA) is 41.6 Å². The van der Waals surface area contributed by atoms with Crippen molar-refractivity contribution in [3.05, 3.63) is 34.9 Å². The average Bonchev–Trinajstić information content (AvgIpc) is 2.54. The predicted octanol–water partition coefficient (Wildman–Crippen LogP) is 3.06. The normalized spacial score (nSPS) is 19.1. The van der Waals surface area contributed by atoms with Crippen molar-refractivity contribution in [3.63, 3.8) is 0 Å². The third kappa shape index (κ3) is 3.43. The molecule has 0 saturated carbocycles. The lowest BCUT2D eigenvalue weighted by atomic mass is 9.93. The first kappa shape index (κ1) is 15.3. The van der Waals surface area contributed by atoms with Gasteiger partial charge in [0, 0.05) is 32.3 Å². The van der Waals surface area contributed by atoms with E-state index < -0.39 is 0 Å². The van der Waals surface area contributed by atoms with Crippen LogP contribution in [0.1, 0.15) is 49.3 Å². The molecule has 0 unspecified atom stereocenters. The van der Waals surface area contributed by atoms with E-state index in [-0.39, 0.29) is 12.1 Å². The molecule has 120 valence electrons. The van der Waals surface area contributed by atoms with Crippen molar-refractivity contribution >= 4 is 6.03 Å². The molecule has 2 aliphatic rings. The molecule has 4 nitrogen and oxygen atoms in total. The molecule has 1 aromatic rings. The molecule has 1 fully saturated rings. The molecule has 1 aromatic carbocycles. The number of rotatable bonds is 2. The highest BCUT2D eigenvalue weighted by atomic mass is 16.5. The minimum atomic E-state index is 0.0764. The molecule has 3 rings (SSSR count). The van der Waals surface area contributed by atoms with Crippen molar-refractivity contribution < 1.29 is 9.53 Å². The summed E-state index contributed by atoms with van der Waals surface area (Å²) in [5.74, 6) is 0.525. The quantitative estimate of drug-likeness (QED) is 0.912. The van der Waals surface area contributed by atoms with Crippen LogP contribution in [0.2, 0.25) is 0 Å². The minimum absolute atomic E-state index is 0.0764. The molecule has 0 aliphatic carbocycles. The van der Waals surface area contributed by atoms with Gasteiger partial charge >= 0.3 is 6.03 Å². The summed E-state index contributed by atoms with van der Waals surface area (Å²) >= 11 is 0. The van der Waals surface area contributed by atoms with Gasteiger partial charge < -0.3 is 15.0 Å². The Hall–Kier alpha value is -1.55. The summed E-state index contributed by atoms with van der Waals surface area (Å²) in [6.45, 7) is 7.46. The van der Waals surface area contributed by atoms with Crippen molar-refractivity contribution in [2.45, 2.75) is 51.6 Å². The summed E-state index contributed by atoms with van der Waals surface area (Å²) in [6, 6.07) is 7.07. The van der Waals surface area contributed by atoms with E-state index in [4.69, 9.17) is 4.74 Å². The molecule has 0 spiro atoms. The van der Waals surface area contributed by atoms with Gasteiger partial charge in [0.05, 0.1) is 0 Å². The van der Waals surface area contributed by atoms with E-state index in [0.717, 1.165) is 45.6 Å². The van der Waals surface area contributed by atoms with Gasteiger partial charge in [0.2, 0.25) is 0 Å². The van der Waals surface area contributed by atoms with Crippen LogP contribution in [0.25, 0.3) is 0 Å². The molecular formula is C18H26N2O2. The Morgan fingerprint density at radius 3 is 2.77 bits per heavy atom. The Labute approximate surface area is 132 Å². The molecule has 1 N–H and O–H groups in total. The second-order valence-electron chi connectivity index (χ2n) is 6.69. The lowest BCUT2D eigenvalue weighted by Crippen LogP contribution is -2.48. The van der Waals surface area contributed by atoms with Crippen LogP contribution < -0.4 is 5.32 Å². The number of benzene rings is 1. The van der Waals surface area contributed by atoms with E-state index >= 15 is 0 Å². The Morgan fingerprint density at radius 1 is 1.27 bits per heavy atom. The van der Waals surface area contributed by atoms with Crippen molar-refractivity contribution in [3.8, 4) is 0 Å². The highest BCUT2D eigenvalue weighted by molar-refractivity contribution is 5.75. The summed E-state index contributed by atoms with van der Waals surface area (Å²) in [4.78, 5) is 14.4. The van der Waals surface area contributed by atoms with E-state index in [1.165, 1.54) is 16.7 Å². The summed E-state index contributed by atoms with van der Waals surface area (Å²) in [5, 5.41) is 3.16. The second kappa shape index (κ2) is 6.69. The van der Waals surface area contributed by atoms with E-state index in [1.54, 1.807) is 0 Å². The third-order valence-electron chi connectivity index (χ3n) is 4.75. The molecular weight excluding hydrogens is 276 g/mol. The largest absolute Gasteiger partial charge is 0.381 e. The number of carbonyl (C=O) groups is 1. The molecule has 2 amide bonds. The summed E-state index contributed by atoms with van der Waals surface area (Å²) in [7, 11) is 0. The van der Waals surface area contributed by atoms with Crippen molar-refractivity contribution in [1.29, 1.82) is 0 Å². The minimum Gasteiger partial charge on any atom is -0.381 e. The van der Waals surface area contributed by atoms with Gasteiger partial charge in [-0.25, -0.2) is 4.79 Å². The Balaban J connectivity index is 1.64. The van der Waals surface area contributed by atoms with Crippen LogP contribution in [-0.2, 0) is 17.7 Å². The highest BCUT2D eigenvalue weighted by Gasteiger charge is 2.24. The Bertz CT molecular complexity index is 536. The first-order chi connectivity index (χ1) is 10.6. The SMILES string of the molecule is CC(C)c1ccc2c(c1)CN(C(=O)NC1CCOCC1)CC2. The maximum Gasteiger partial charge on any atom is 0.317 e. The van der Waals surface area contributed by atoms with Crippen molar-refractivity contribution in [2.24, 2.45) is 0 Å². The third-order valence-corrected chi connectivity index (χ3v) is 4.75. The van der Waals surface area contributed by atoms with Gasteiger partial charge in [0.1, 0.15) is 0 Å². The summed E-state index contributed by atoms with van der Waals surface area (Å²) in [5.41, 5.74) is 4.05. The molecule has 0 radical (unpaired) electrons. The number of ether oxygens (including phenoxy) is 1. The van der Waals surface area contributed by atoms with Gasteiger partial charge in [0.15, 0.2) is 0 Å². The number of carbonyl (C=O) groups excluding carboxylic acids is 1. The molecule has 1 saturated heterocycles. The van der Waals surface area contributed by atoms with E-state index in [9.17, 15) is 4.79 Å². The van der Waals surface area contributed by atoms with Crippen molar-refractivity contribution in [1.82, 2.24) is 10.2 Å². The van der Waals surface area contributed by atoms with Crippen LogP contribution in [0.5, 0.6) is 0 Å². The van der Waals surface area contributed by atoms with Crippen molar-refractivity contribution in [2.75, 3.05) is 19.8 Å². The number of amides is 2. The fraction of sp³-hybridized carbons (Fsp3) is 0.611. The molecule has 22 heavy (non-hydrogen) atoms. The zero-order valence-electron chi connectivity index (χ0n) is 13.6. The molecule has 4 heteroatoms. The first-order valence-electron chi connectivity index (χ1n) is 8.38. The van der Waals surface area contributed by atoms with Gasteiger partial charge in [-0.2, -0.15) is 0 Å². The molecule has 2 heterocycles. The van der Waals surface area contributed by atoms with Crippen LogP contribution in [0.4, 0.5) is 4.79 Å². The van der Waals surface area contributed by atoms with Gasteiger partial charge in [0.25, 0.3) is 0 Å². The fourth-order valence-electron chi connectivity index (χ4n) is 3.22. The number of urea groups is 1. The molecule has 0 bridgehead atoms. The predicted molar refractivity (Wildman–Crippen MR) is 87.0 cm³/mol. The fourth-order valence-corrected chi connectivity index (χ4v) is 3.22. The molecule has 0 aromatic heterocycles. The van der Waals surface area contributed by atoms with Crippen LogP contribution >= 0.6 is 0 Å². The zero-order chi connectivity index (χ0) is 15.5. The van der Waals surface area contributed by atoms with Gasteiger partial charge in [-0.05, 0) is 41.9 Å². The van der Waals surface area contributed by atoms with Crippen LogP contribution in [0, 0.1) is 0 Å². The number of nitrogens with zero attached hydrogens (tertiary/aromatic N) is 1. The lowest BCUT2D eigenvalue weighted by molar-refractivity contribution is 0.0778. The highest BCUT2D eigenvalue weighted by Crippen LogP contribution is 2.24. The van der Waals surface area contributed by atoms with Gasteiger partial charge in [-0.1, -0.05) is 32.0 Å². The van der Waals surface area contributed by atoms with Gasteiger partial charge in [-0.3, -0.25) is 0 Å². The maximum atomic E-state index is 12.5. The zero-order valence-corrected chi connectivity index (χ0v) is 13.6. The Kier molecular flexibility index (Phi) is 4.67. The smallest absolute Gasteiger partial charge is 0.317 e. The second-order valence-corrected chi connectivity index (χ2v) is 6.69. The number of fused-ring (bicyclic) bond motifs is 1. The number of hydrogen-bond acceptors (Lipinski definition) is 2. The Morgan fingerprint density at radius 2 is 2.05 bits per heavy atom. The number of nitrogens with one attached hydrogen (secondary N) is 1. The standard InChI is InChI=1S/C18H26N2O2/c1-13(2)15-4-3-14-5-8-20(12-16(14)11-15)18(21)19-17-6-9-22-10-7-17/h3-4,11,13,17H,5-10,12H2,1-2H3,(H,19,21). The molecule has 2 aliphatic heterocycles. The van der Waals surface area contributed by atoms with E-state index in [1.807, 2.05) is 4.90 Å². The molecule has 0 atom stereocenters. The van der Waals surface area contributed by atoms with Crippen LogP contribution in [-0.4, -0.2) is 36.7 Å². The van der Waals surface area contributed by atoms with Crippen LogP contribution in [0.15, 0.2) is 18.2 Å². The van der Waals surface area contributed by atoms with Gasteiger partial charge in [-0.15, -0.1) is 0 Å².